The molecule has 0 atom stereocenters. The lowest BCUT2D eigenvalue weighted by Crippen LogP contribution is -2.25. The summed E-state index contributed by atoms with van der Waals surface area (Å²) in [7, 11) is -8.32. The zero-order valence-corrected chi connectivity index (χ0v) is 54.9. The second-order valence-electron chi connectivity index (χ2n) is 22.2. The van der Waals surface area contributed by atoms with Crippen LogP contribution in [0, 0.1) is 11.6 Å². The van der Waals surface area contributed by atoms with Crippen molar-refractivity contribution in [2.75, 3.05) is 70.2 Å². The van der Waals surface area contributed by atoms with E-state index >= 15 is 0 Å². The van der Waals surface area contributed by atoms with E-state index in [0.717, 1.165) is 67.7 Å². The lowest BCUT2D eigenvalue weighted by molar-refractivity contribution is -0.123. The van der Waals surface area contributed by atoms with Crippen LogP contribution in [0.1, 0.15) is 36.0 Å². The topological polar surface area (TPSA) is 381 Å². The van der Waals surface area contributed by atoms with Gasteiger partial charge in [0.2, 0.25) is 0 Å². The van der Waals surface area contributed by atoms with Crippen LogP contribution >= 0.6 is 0 Å². The summed E-state index contributed by atoms with van der Waals surface area (Å²) in [5, 5.41) is 33.5. The largest absolute Gasteiger partial charge is 0.483 e. The van der Waals surface area contributed by atoms with E-state index in [0.29, 0.717) is 85.4 Å². The van der Waals surface area contributed by atoms with Crippen LogP contribution in [-0.2, 0) is 61.1 Å². The van der Waals surface area contributed by atoms with Crippen molar-refractivity contribution in [1.82, 2.24) is 37.0 Å². The molecular formula is C66H62F2N10O18S3. The van der Waals surface area contributed by atoms with Crippen LogP contribution in [0.25, 0.3) is 60.7 Å². The molecule has 0 saturated heterocycles. The summed E-state index contributed by atoms with van der Waals surface area (Å²) >= 11 is 0. The number of hydrogen-bond donors (Lipinski definition) is 7. The zero-order valence-electron chi connectivity index (χ0n) is 52.5. The van der Waals surface area contributed by atoms with Gasteiger partial charge in [0.05, 0.1) is 53.6 Å². The van der Waals surface area contributed by atoms with Crippen molar-refractivity contribution in [3.63, 3.8) is 0 Å². The standard InChI is InChI=1S/2C21H18FN3O4S.C21H20N4O4S.3CH2O2/c1-24-19-5-3-15(11-20(19)29-21(24)26)30(27,28)25-12-17(13-6-8-23-9-7-13)16-10-14(22)2-4-18(16)25;22-14-1-3-19-16(9-14)17(13-5-7-23-8-6-13)11-25(19)30(27,28)15-2-4-20-18(10-15)24-21(26)12-29-20;1-24-9-6-14(7-10-24)16-12-25(18-3-2-8-22-21(16)18)30(27,28)15-4-5-19-17(11-15)23-20(26)13-29-19;3*2-1-3/h2-6,10-12,23H,7-9H2,1H3;1-5,9-11,23H,6-8,12H2,(H,24,26);2-6,8,11-12H,7,9-10,13H2,1H3,(H,23,26);3*1H,(H,2,3). The Hall–Kier alpha value is -11.1. The van der Waals surface area contributed by atoms with Gasteiger partial charge < -0.3 is 55.4 Å². The molecule has 99 heavy (non-hydrogen) atoms. The molecule has 5 aliphatic rings. The van der Waals surface area contributed by atoms with Gasteiger partial charge in [-0.1, -0.05) is 18.2 Å². The fourth-order valence-electron chi connectivity index (χ4n) is 11.5. The Morgan fingerprint density at radius 2 is 0.980 bits per heavy atom. The van der Waals surface area contributed by atoms with Crippen LogP contribution in [0.5, 0.6) is 11.5 Å². The average molecular weight is 1420 g/mol. The first-order valence-corrected chi connectivity index (χ1v) is 34.3. The number of ether oxygens (including phenoxy) is 2. The number of amides is 2. The van der Waals surface area contributed by atoms with E-state index in [2.05, 4.69) is 44.3 Å². The normalized spacial score (nSPS) is 15.2. The van der Waals surface area contributed by atoms with E-state index in [1.54, 1.807) is 50.0 Å². The number of carboxylic acid groups (broad SMARTS) is 3. The SMILES string of the molecule is CN1CC=C(c2cn(S(=O)(=O)c3ccc4c(c3)NC(=O)CO4)c3cccnc23)CC1.Cn1c(=O)oc2cc(S(=O)(=O)n3cc(C4=CCNCC4)c4cc(F)ccc43)ccc21.O=C1COc2ccc(S(=O)(=O)n3cc(C4=CCNCC4)c4cc(F)ccc43)cc2N1.O=CO.O=CO.O=CO. The Bertz CT molecular complexity index is 5330. The maximum Gasteiger partial charge on any atom is 0.419 e. The third-order valence-electron chi connectivity index (χ3n) is 16.2. The molecule has 0 unspecified atom stereocenters. The Morgan fingerprint density at radius 1 is 0.535 bits per heavy atom. The number of hydrogen-bond acceptors (Lipinski definition) is 19. The van der Waals surface area contributed by atoms with Gasteiger partial charge in [-0.25, -0.2) is 50.7 Å². The number of aromatic nitrogens is 5. The Labute approximate surface area is 562 Å². The smallest absolute Gasteiger partial charge is 0.419 e. The number of rotatable bonds is 9. The number of nitrogens with zero attached hydrogens (tertiary/aromatic N) is 6. The Kier molecular flexibility index (Phi) is 21.5. The molecule has 10 aromatic rings. The molecule has 0 spiro atoms. The predicted octanol–water partition coefficient (Wildman–Crippen LogP) is 6.99. The third-order valence-corrected chi connectivity index (χ3v) is 21.2. The lowest BCUT2D eigenvalue weighted by Gasteiger charge is -2.21. The number of benzene rings is 5. The molecular weight excluding hydrogens is 1350 g/mol. The lowest BCUT2D eigenvalue weighted by atomic mass is 10.00. The fourth-order valence-corrected chi connectivity index (χ4v) is 15.7. The second kappa shape index (κ2) is 30.1. The molecule has 5 aliphatic heterocycles. The van der Waals surface area contributed by atoms with Crippen molar-refractivity contribution in [1.29, 1.82) is 0 Å². The predicted molar refractivity (Wildman–Crippen MR) is 361 cm³/mol. The maximum absolute atomic E-state index is 14.0. The first kappa shape index (κ1) is 70.7. The number of halogens is 2. The molecule has 7 N–H and O–H groups in total. The minimum absolute atomic E-state index is 0.000819. The van der Waals surface area contributed by atoms with Crippen molar-refractivity contribution in [2.45, 2.75) is 33.9 Å². The van der Waals surface area contributed by atoms with Gasteiger partial charge in [0.15, 0.2) is 18.8 Å². The zero-order chi connectivity index (χ0) is 70.9. The molecule has 0 saturated carbocycles. The number of aryl methyl sites for hydroxylation is 1. The van der Waals surface area contributed by atoms with Gasteiger partial charge in [-0.05, 0) is 153 Å². The summed E-state index contributed by atoms with van der Waals surface area (Å²) in [6.07, 6.45) is 14.8. The van der Waals surface area contributed by atoms with Crippen LogP contribution < -0.4 is 36.5 Å². The van der Waals surface area contributed by atoms with E-state index < -0.39 is 47.5 Å². The second-order valence-corrected chi connectivity index (χ2v) is 27.6. The fraction of sp³-hybridized carbons (Fsp3) is 0.197. The average Bonchev–Trinajstić information content (AvgIpc) is 1.64. The molecule has 0 bridgehead atoms. The van der Waals surface area contributed by atoms with Gasteiger partial charge in [0.1, 0.15) is 23.1 Å². The monoisotopic (exact) mass is 1420 g/mol. The summed E-state index contributed by atoms with van der Waals surface area (Å²) < 4.78 is 130. The highest BCUT2D eigenvalue weighted by molar-refractivity contribution is 7.90. The summed E-state index contributed by atoms with van der Waals surface area (Å²) in [6, 6.07) is 24.7. The molecule has 0 radical (unpaired) electrons. The first-order chi connectivity index (χ1) is 47.5. The number of carbonyl (C=O) groups excluding carboxylic acids is 2. The van der Waals surface area contributed by atoms with Crippen molar-refractivity contribution in [3.8, 4) is 11.5 Å². The molecule has 2 amide bonds. The van der Waals surface area contributed by atoms with Crippen LogP contribution in [0.2, 0.25) is 0 Å². The van der Waals surface area contributed by atoms with Gasteiger partial charge >= 0.3 is 5.76 Å². The molecule has 15 rings (SSSR count). The van der Waals surface area contributed by atoms with Gasteiger partial charge in [-0.2, -0.15) is 0 Å². The number of anilines is 2. The number of likely N-dealkylation sites (N-methyl/N-ethyl adjacent to an activating group) is 1. The number of fused-ring (bicyclic) bond motifs is 6. The van der Waals surface area contributed by atoms with Gasteiger partial charge in [0.25, 0.3) is 61.3 Å². The van der Waals surface area contributed by atoms with E-state index in [4.69, 9.17) is 43.6 Å². The van der Waals surface area contributed by atoms with Gasteiger partial charge in [-0.3, -0.25) is 33.5 Å². The summed E-state index contributed by atoms with van der Waals surface area (Å²) in [5.74, 6) is -1.23. The Balaban J connectivity index is 0.000000151. The quantitative estimate of drug-likeness (QED) is 0.0716. The van der Waals surface area contributed by atoms with Crippen LogP contribution in [0.4, 0.5) is 20.2 Å². The number of nitrogens with one attached hydrogen (secondary N) is 4. The highest BCUT2D eigenvalue weighted by Gasteiger charge is 2.30. The summed E-state index contributed by atoms with van der Waals surface area (Å²) in [6.45, 7) is 3.66. The van der Waals surface area contributed by atoms with E-state index in [1.165, 1.54) is 101 Å². The molecule has 5 aromatic carbocycles. The van der Waals surface area contributed by atoms with Crippen LogP contribution in [0.3, 0.4) is 0 Å². The van der Waals surface area contributed by atoms with Crippen LogP contribution in [0.15, 0.2) is 170 Å². The van der Waals surface area contributed by atoms with E-state index in [-0.39, 0.29) is 64.7 Å². The number of oxazole rings is 1. The summed E-state index contributed by atoms with van der Waals surface area (Å²) in [5.41, 5.74) is 8.57. The number of pyridine rings is 1. The first-order valence-electron chi connectivity index (χ1n) is 30.0. The van der Waals surface area contributed by atoms with Crippen LogP contribution in [-0.4, -0.2) is 158 Å². The molecule has 10 heterocycles. The maximum atomic E-state index is 14.0. The highest BCUT2D eigenvalue weighted by Crippen LogP contribution is 2.39. The van der Waals surface area contributed by atoms with Crippen molar-refractivity contribution >= 4 is 133 Å². The minimum atomic E-state index is -4.01. The van der Waals surface area contributed by atoms with Crippen molar-refractivity contribution < 1.29 is 87.2 Å². The molecule has 0 aliphatic carbocycles. The highest BCUT2D eigenvalue weighted by atomic mass is 32.2. The van der Waals surface area contributed by atoms with Crippen molar-refractivity contribution in [2.24, 2.45) is 7.05 Å². The number of carbonyl (C=O) groups is 5. The summed E-state index contributed by atoms with van der Waals surface area (Å²) in [4.78, 5) is 66.8. The minimum Gasteiger partial charge on any atom is -0.483 e. The van der Waals surface area contributed by atoms with Gasteiger partial charge in [0, 0.05) is 91.5 Å². The molecule has 516 valence electrons. The molecule has 0 fully saturated rings. The third kappa shape index (κ3) is 14.9. The van der Waals surface area contributed by atoms with E-state index in [9.17, 15) is 48.4 Å². The van der Waals surface area contributed by atoms with Crippen molar-refractivity contribution in [3.05, 3.63) is 185 Å². The molecule has 5 aromatic heterocycles. The Morgan fingerprint density at radius 3 is 1.44 bits per heavy atom. The molecule has 28 nitrogen and oxygen atoms in total. The van der Waals surface area contributed by atoms with Gasteiger partial charge in [-0.15, -0.1) is 0 Å². The van der Waals surface area contributed by atoms with E-state index in [1.807, 2.05) is 12.2 Å². The molecule has 33 heteroatoms.